The van der Waals surface area contributed by atoms with Gasteiger partial charge in [0.25, 0.3) is 0 Å². The summed E-state index contributed by atoms with van der Waals surface area (Å²) in [4.78, 5) is 16.9. The summed E-state index contributed by atoms with van der Waals surface area (Å²) in [5.41, 5.74) is 2.11. The second kappa shape index (κ2) is 8.05. The number of benzene rings is 1. The van der Waals surface area contributed by atoms with Crippen molar-refractivity contribution in [2.24, 2.45) is 0 Å². The van der Waals surface area contributed by atoms with Crippen LogP contribution < -0.4 is 15.4 Å². The molecule has 0 saturated carbocycles. The van der Waals surface area contributed by atoms with Crippen LogP contribution in [-0.4, -0.2) is 33.6 Å². The first-order valence-electron chi connectivity index (χ1n) is 7.98. The van der Waals surface area contributed by atoms with Gasteiger partial charge in [-0.05, 0) is 37.1 Å². The number of aromatic nitrogens is 4. The molecule has 0 spiro atoms. The van der Waals surface area contributed by atoms with E-state index in [-0.39, 0.29) is 0 Å². The van der Waals surface area contributed by atoms with Crippen molar-refractivity contribution in [3.05, 3.63) is 60.2 Å². The molecule has 3 rings (SSSR count). The number of methoxy groups -OCH3 is 1. The molecular formula is C18H20N6O. The van der Waals surface area contributed by atoms with Gasteiger partial charge in [0.1, 0.15) is 23.7 Å². The lowest BCUT2D eigenvalue weighted by Gasteiger charge is -2.10. The topological polar surface area (TPSA) is 84.9 Å². The van der Waals surface area contributed by atoms with Crippen LogP contribution in [0.25, 0.3) is 0 Å². The number of nitrogens with zero attached hydrogens (tertiary/aromatic N) is 4. The van der Waals surface area contributed by atoms with Crippen LogP contribution in [0.15, 0.2) is 48.9 Å². The van der Waals surface area contributed by atoms with E-state index in [0.29, 0.717) is 11.8 Å². The third-order valence-electron chi connectivity index (χ3n) is 3.55. The van der Waals surface area contributed by atoms with E-state index in [1.54, 1.807) is 19.4 Å². The fourth-order valence-electron chi connectivity index (χ4n) is 2.32. The number of hydrogen-bond acceptors (Lipinski definition) is 7. The van der Waals surface area contributed by atoms with Gasteiger partial charge >= 0.3 is 0 Å². The Morgan fingerprint density at radius 2 is 1.88 bits per heavy atom. The van der Waals surface area contributed by atoms with Gasteiger partial charge in [-0.15, -0.1) is 0 Å². The Bertz CT molecular complexity index is 808. The summed E-state index contributed by atoms with van der Waals surface area (Å²) in [6.45, 7) is 2.71. The Morgan fingerprint density at radius 1 is 1.04 bits per heavy atom. The molecule has 0 radical (unpaired) electrons. The van der Waals surface area contributed by atoms with Crippen LogP contribution in [0.5, 0.6) is 5.75 Å². The monoisotopic (exact) mass is 336 g/mol. The first-order valence-corrected chi connectivity index (χ1v) is 7.98. The second-order valence-corrected chi connectivity index (χ2v) is 5.46. The summed E-state index contributed by atoms with van der Waals surface area (Å²) >= 11 is 0. The van der Waals surface area contributed by atoms with Gasteiger partial charge in [-0.2, -0.15) is 4.98 Å². The summed E-state index contributed by atoms with van der Waals surface area (Å²) in [6, 6.07) is 11.7. The van der Waals surface area contributed by atoms with E-state index in [2.05, 4.69) is 42.7 Å². The summed E-state index contributed by atoms with van der Waals surface area (Å²) in [5, 5.41) is 6.41. The smallest absolute Gasteiger partial charge is 0.230 e. The highest BCUT2D eigenvalue weighted by Gasteiger charge is 2.04. The van der Waals surface area contributed by atoms with Crippen molar-refractivity contribution in [3.63, 3.8) is 0 Å². The van der Waals surface area contributed by atoms with E-state index in [0.717, 1.165) is 30.2 Å². The molecule has 0 aliphatic rings. The van der Waals surface area contributed by atoms with Crippen molar-refractivity contribution in [2.75, 3.05) is 24.3 Å². The van der Waals surface area contributed by atoms with Crippen LogP contribution in [0, 0.1) is 6.92 Å². The Balaban J connectivity index is 1.60. The molecule has 2 heterocycles. The van der Waals surface area contributed by atoms with E-state index in [4.69, 9.17) is 4.74 Å². The molecule has 0 atom stereocenters. The number of hydrogen-bond donors (Lipinski definition) is 2. The van der Waals surface area contributed by atoms with Gasteiger partial charge in [0.05, 0.1) is 7.11 Å². The number of ether oxygens (including phenoxy) is 1. The first-order chi connectivity index (χ1) is 12.2. The fraction of sp³-hybridized carbons (Fsp3) is 0.222. The number of rotatable bonds is 7. The molecule has 7 heteroatoms. The Labute approximate surface area is 146 Å². The van der Waals surface area contributed by atoms with Gasteiger partial charge in [-0.1, -0.05) is 12.1 Å². The van der Waals surface area contributed by atoms with Gasteiger partial charge in [0.2, 0.25) is 5.95 Å². The molecule has 1 aromatic carbocycles. The average Bonchev–Trinajstić information content (AvgIpc) is 2.63. The number of anilines is 3. The SMILES string of the molecule is COc1ccc(CCNc2cc(C)nc(Nc3ccncn3)n2)cc1. The quantitative estimate of drug-likeness (QED) is 0.686. The largest absolute Gasteiger partial charge is 0.497 e. The lowest BCUT2D eigenvalue weighted by Crippen LogP contribution is -2.09. The standard InChI is InChI=1S/C18H20N6O/c1-13-11-17(20-10-7-14-3-5-15(25-2)6-4-14)24-18(22-13)23-16-8-9-19-12-21-16/h3-6,8-9,11-12H,7,10H2,1-2H3,(H2,19,20,21,22,23,24). The summed E-state index contributed by atoms with van der Waals surface area (Å²) in [6.07, 6.45) is 4.03. The normalized spacial score (nSPS) is 10.3. The third-order valence-corrected chi connectivity index (χ3v) is 3.55. The zero-order valence-electron chi connectivity index (χ0n) is 14.2. The number of nitrogens with one attached hydrogen (secondary N) is 2. The third kappa shape index (κ3) is 4.87. The molecule has 0 saturated heterocycles. The first kappa shape index (κ1) is 16.6. The van der Waals surface area contributed by atoms with Crippen molar-refractivity contribution in [3.8, 4) is 5.75 Å². The van der Waals surface area contributed by atoms with Crippen molar-refractivity contribution in [1.82, 2.24) is 19.9 Å². The molecule has 0 unspecified atom stereocenters. The van der Waals surface area contributed by atoms with E-state index in [1.807, 2.05) is 25.1 Å². The molecule has 0 fully saturated rings. The lowest BCUT2D eigenvalue weighted by molar-refractivity contribution is 0.414. The molecule has 128 valence electrons. The Hall–Kier alpha value is -3.22. The van der Waals surface area contributed by atoms with Crippen LogP contribution in [-0.2, 0) is 6.42 Å². The number of aryl methyl sites for hydroxylation is 1. The summed E-state index contributed by atoms with van der Waals surface area (Å²) in [5.74, 6) is 2.80. The van der Waals surface area contributed by atoms with E-state index < -0.39 is 0 Å². The van der Waals surface area contributed by atoms with Crippen LogP contribution in [0.1, 0.15) is 11.3 Å². The summed E-state index contributed by atoms with van der Waals surface area (Å²) in [7, 11) is 1.67. The maximum atomic E-state index is 5.17. The predicted octanol–water partition coefficient (Wildman–Crippen LogP) is 2.98. The molecule has 0 aliphatic heterocycles. The molecule has 0 amide bonds. The molecule has 0 bridgehead atoms. The minimum Gasteiger partial charge on any atom is -0.497 e. The Morgan fingerprint density at radius 3 is 2.60 bits per heavy atom. The van der Waals surface area contributed by atoms with Crippen LogP contribution in [0.4, 0.5) is 17.6 Å². The maximum Gasteiger partial charge on any atom is 0.230 e. The van der Waals surface area contributed by atoms with Crippen molar-refractivity contribution in [1.29, 1.82) is 0 Å². The molecule has 2 aromatic heterocycles. The predicted molar refractivity (Wildman–Crippen MR) is 97.3 cm³/mol. The van der Waals surface area contributed by atoms with Gasteiger partial charge < -0.3 is 15.4 Å². The highest BCUT2D eigenvalue weighted by Crippen LogP contribution is 2.14. The van der Waals surface area contributed by atoms with Crippen LogP contribution >= 0.6 is 0 Å². The average molecular weight is 336 g/mol. The van der Waals surface area contributed by atoms with Gasteiger partial charge in [0.15, 0.2) is 0 Å². The van der Waals surface area contributed by atoms with Gasteiger partial charge in [-0.3, -0.25) is 0 Å². The van der Waals surface area contributed by atoms with Gasteiger partial charge in [0, 0.05) is 24.5 Å². The van der Waals surface area contributed by atoms with Crippen LogP contribution in [0.2, 0.25) is 0 Å². The summed E-state index contributed by atoms with van der Waals surface area (Å²) < 4.78 is 5.17. The molecule has 2 N–H and O–H groups in total. The van der Waals surface area contributed by atoms with Crippen LogP contribution in [0.3, 0.4) is 0 Å². The molecule has 7 nitrogen and oxygen atoms in total. The molecule has 0 aliphatic carbocycles. The van der Waals surface area contributed by atoms with Gasteiger partial charge in [-0.25, -0.2) is 15.0 Å². The zero-order chi connectivity index (χ0) is 17.5. The lowest BCUT2D eigenvalue weighted by atomic mass is 10.1. The minimum atomic E-state index is 0.505. The second-order valence-electron chi connectivity index (χ2n) is 5.46. The van der Waals surface area contributed by atoms with Crippen molar-refractivity contribution in [2.45, 2.75) is 13.3 Å². The zero-order valence-corrected chi connectivity index (χ0v) is 14.2. The van der Waals surface area contributed by atoms with E-state index in [9.17, 15) is 0 Å². The maximum absolute atomic E-state index is 5.17. The Kier molecular flexibility index (Phi) is 5.36. The molecule has 3 aromatic rings. The highest BCUT2D eigenvalue weighted by atomic mass is 16.5. The van der Waals surface area contributed by atoms with E-state index >= 15 is 0 Å². The molecule has 25 heavy (non-hydrogen) atoms. The minimum absolute atomic E-state index is 0.505. The highest BCUT2D eigenvalue weighted by molar-refractivity contribution is 5.50. The molecular weight excluding hydrogens is 316 g/mol. The van der Waals surface area contributed by atoms with E-state index in [1.165, 1.54) is 11.9 Å². The van der Waals surface area contributed by atoms with Crippen molar-refractivity contribution < 1.29 is 4.74 Å². The fourth-order valence-corrected chi connectivity index (χ4v) is 2.32. The van der Waals surface area contributed by atoms with Crippen molar-refractivity contribution >= 4 is 17.6 Å².